The smallest absolute Gasteiger partial charge is 0.303 e. The summed E-state index contributed by atoms with van der Waals surface area (Å²) in [5.41, 5.74) is -4.96. The molecule has 0 saturated carbocycles. The molecule has 8 aromatic rings. The van der Waals surface area contributed by atoms with Gasteiger partial charge in [-0.05, 0) is 139 Å². The van der Waals surface area contributed by atoms with E-state index in [1.807, 2.05) is 0 Å². The van der Waals surface area contributed by atoms with Crippen LogP contribution < -0.4 is 0 Å². The summed E-state index contributed by atoms with van der Waals surface area (Å²) in [5, 5.41) is 0. The zero-order valence-electron chi connectivity index (χ0n) is 39.4. The van der Waals surface area contributed by atoms with Crippen LogP contribution in [0.1, 0.15) is 74.7 Å². The van der Waals surface area contributed by atoms with E-state index in [1.54, 1.807) is 60.7 Å². The minimum atomic E-state index is -4.76. The molecule has 0 aromatic heterocycles. The molecule has 18 heteroatoms. The molecule has 8 aromatic carbocycles. The van der Waals surface area contributed by atoms with Gasteiger partial charge in [-0.25, -0.2) is 46.1 Å². The standard InChI is InChI=1S/2C22H14F5N.C15H8F5N.CH4/c2*1-28-21(14-15-5-3-2-4-6-15,16-7-9-19(23)10-8-16)17-11-18(22(25,26)27)13-20(24)12-17;1-21-14(9-2-4-12(16)5-3-9)10-6-11(15(18,19)20)8-13(17)7-10;/h2*2-13H,14H2;2-8,14H;1H4/t2*21-;;/m10../s1. The van der Waals surface area contributed by atoms with E-state index in [4.69, 9.17) is 19.7 Å². The molecular weight excluding hydrogens is 1050 g/mol. The molecule has 0 aliphatic heterocycles. The number of benzene rings is 8. The molecule has 0 spiro atoms. The van der Waals surface area contributed by atoms with Crippen molar-refractivity contribution in [3.8, 4) is 0 Å². The van der Waals surface area contributed by atoms with Crippen LogP contribution in [0.2, 0.25) is 0 Å². The van der Waals surface area contributed by atoms with Crippen LogP contribution >= 0.6 is 0 Å². The molecule has 0 fully saturated rings. The Morgan fingerprint density at radius 2 is 0.628 bits per heavy atom. The van der Waals surface area contributed by atoms with E-state index >= 15 is 0 Å². The fourth-order valence-corrected chi connectivity index (χ4v) is 8.22. The molecule has 78 heavy (non-hydrogen) atoms. The average Bonchev–Trinajstić information content (AvgIpc) is 3.42. The number of alkyl halides is 9. The minimum absolute atomic E-state index is 0. The quantitative estimate of drug-likeness (QED) is 0.0957. The Morgan fingerprint density at radius 3 is 0.949 bits per heavy atom. The van der Waals surface area contributed by atoms with Gasteiger partial charge < -0.3 is 4.85 Å². The van der Waals surface area contributed by atoms with Crippen LogP contribution in [-0.2, 0) is 42.4 Å². The predicted octanol–water partition coefficient (Wildman–Crippen LogP) is 18.4. The van der Waals surface area contributed by atoms with Crippen molar-refractivity contribution in [2.24, 2.45) is 0 Å². The second kappa shape index (κ2) is 24.9. The SMILES string of the molecule is C.[C-]#[N+]C(c1ccc(F)cc1)c1cc(F)cc(C(F)(F)F)c1.[C-]#[N+][C@@](Cc1ccccc1)(c1ccc(F)cc1)c1cc(F)cc(C(F)(F)F)c1.[C-]#[N+][C@](Cc1ccccc1)(c1ccc(F)cc1)c1cc(F)cc(C(F)(F)F)c1. The van der Waals surface area contributed by atoms with Crippen molar-refractivity contribution < 1.29 is 65.9 Å². The molecule has 400 valence electrons. The van der Waals surface area contributed by atoms with E-state index in [-0.39, 0.29) is 48.1 Å². The van der Waals surface area contributed by atoms with Crippen molar-refractivity contribution in [1.82, 2.24) is 0 Å². The Hall–Kier alpha value is -8.82. The zero-order valence-corrected chi connectivity index (χ0v) is 39.4. The molecule has 0 heterocycles. The molecule has 3 atom stereocenters. The third kappa shape index (κ3) is 14.8. The van der Waals surface area contributed by atoms with Gasteiger partial charge in [-0.2, -0.15) is 39.5 Å². The molecule has 8 rings (SSSR count). The first kappa shape index (κ1) is 60.0. The Kier molecular flexibility index (Phi) is 19.2. The predicted molar refractivity (Wildman–Crippen MR) is 264 cm³/mol. The molecular formula is C60H40F15N3. The normalized spacial score (nSPS) is 13.2. The third-order valence-corrected chi connectivity index (χ3v) is 11.9. The van der Waals surface area contributed by atoms with Crippen LogP contribution in [0.4, 0.5) is 65.9 Å². The summed E-state index contributed by atoms with van der Waals surface area (Å²) < 4.78 is 199. The first-order valence-corrected chi connectivity index (χ1v) is 22.4. The Morgan fingerprint density at radius 1 is 0.321 bits per heavy atom. The third-order valence-electron chi connectivity index (χ3n) is 11.9. The maximum Gasteiger partial charge on any atom is 0.416 e. The number of halogens is 15. The highest BCUT2D eigenvalue weighted by Crippen LogP contribution is 2.43. The van der Waals surface area contributed by atoms with Crippen LogP contribution in [0.3, 0.4) is 0 Å². The molecule has 0 radical (unpaired) electrons. The van der Waals surface area contributed by atoms with Gasteiger partial charge in [0.05, 0.1) is 29.5 Å². The van der Waals surface area contributed by atoms with Crippen molar-refractivity contribution in [2.75, 3.05) is 0 Å². The molecule has 3 nitrogen and oxygen atoms in total. The topological polar surface area (TPSA) is 13.1 Å². The van der Waals surface area contributed by atoms with Crippen molar-refractivity contribution in [1.29, 1.82) is 0 Å². The highest BCUT2D eigenvalue weighted by Gasteiger charge is 2.45. The summed E-state index contributed by atoms with van der Waals surface area (Å²) in [6.07, 6.45) is -14.2. The van der Waals surface area contributed by atoms with E-state index in [9.17, 15) is 65.9 Å². The maximum absolute atomic E-state index is 14.1. The Labute approximate surface area is 439 Å². The van der Waals surface area contributed by atoms with Gasteiger partial charge in [0.1, 0.15) is 34.9 Å². The zero-order chi connectivity index (χ0) is 56.3. The van der Waals surface area contributed by atoms with Crippen LogP contribution in [0.25, 0.3) is 14.5 Å². The van der Waals surface area contributed by atoms with Gasteiger partial charge >= 0.3 is 18.5 Å². The second-order valence-electron chi connectivity index (χ2n) is 17.1. The molecule has 0 aliphatic rings. The molecule has 1 unspecified atom stereocenters. The average molecular weight is 1090 g/mol. The molecule has 0 amide bonds. The lowest BCUT2D eigenvalue weighted by molar-refractivity contribution is -0.138. The Bertz CT molecular complexity index is 3240. The van der Waals surface area contributed by atoms with Crippen molar-refractivity contribution in [2.45, 2.75) is 55.9 Å². The number of hydrogen-bond acceptors (Lipinski definition) is 0. The monoisotopic (exact) mass is 1090 g/mol. The number of hydrogen-bond donors (Lipinski definition) is 0. The van der Waals surface area contributed by atoms with E-state index in [0.29, 0.717) is 34.9 Å². The Balaban J connectivity index is 0.000000217. The van der Waals surface area contributed by atoms with Crippen molar-refractivity contribution in [3.05, 3.63) is 318 Å². The summed E-state index contributed by atoms with van der Waals surface area (Å²) in [4.78, 5) is 10.5. The molecule has 0 bridgehead atoms. The van der Waals surface area contributed by atoms with Gasteiger partial charge in [-0.1, -0.05) is 68.1 Å². The van der Waals surface area contributed by atoms with Gasteiger partial charge in [0.15, 0.2) is 0 Å². The summed E-state index contributed by atoms with van der Waals surface area (Å²) in [7, 11) is 0. The summed E-state index contributed by atoms with van der Waals surface area (Å²) in [5.74, 6) is -4.87. The van der Waals surface area contributed by atoms with Crippen LogP contribution in [0, 0.1) is 54.6 Å². The first-order valence-electron chi connectivity index (χ1n) is 22.4. The maximum atomic E-state index is 14.1. The fraction of sp³-hybridized carbons (Fsp3) is 0.150. The summed E-state index contributed by atoms with van der Waals surface area (Å²) in [6, 6.07) is 37.1. The van der Waals surface area contributed by atoms with E-state index in [1.165, 1.54) is 36.4 Å². The molecule has 0 saturated heterocycles. The molecule has 0 aliphatic carbocycles. The summed E-state index contributed by atoms with van der Waals surface area (Å²) in [6.45, 7) is 22.7. The lowest BCUT2D eigenvalue weighted by Gasteiger charge is -2.24. The van der Waals surface area contributed by atoms with E-state index in [0.717, 1.165) is 72.8 Å². The minimum Gasteiger partial charge on any atom is -0.303 e. The number of nitrogens with zero attached hydrogens (tertiary/aromatic N) is 3. The highest BCUT2D eigenvalue weighted by atomic mass is 19.4. The van der Waals surface area contributed by atoms with Gasteiger partial charge in [0, 0.05) is 33.4 Å². The lowest BCUT2D eigenvalue weighted by Crippen LogP contribution is -2.27. The lowest BCUT2D eigenvalue weighted by atomic mass is 9.78. The largest absolute Gasteiger partial charge is 0.416 e. The van der Waals surface area contributed by atoms with Gasteiger partial charge in [0.25, 0.3) is 17.1 Å². The van der Waals surface area contributed by atoms with Crippen molar-refractivity contribution in [3.63, 3.8) is 0 Å². The first-order chi connectivity index (χ1) is 36.3. The number of rotatable bonds is 10. The fourth-order valence-electron chi connectivity index (χ4n) is 8.22. The van der Waals surface area contributed by atoms with Gasteiger partial charge in [0.2, 0.25) is 0 Å². The van der Waals surface area contributed by atoms with Crippen LogP contribution in [-0.4, -0.2) is 0 Å². The van der Waals surface area contributed by atoms with E-state index in [2.05, 4.69) is 14.5 Å². The van der Waals surface area contributed by atoms with Gasteiger partial charge in [-0.3, -0.25) is 9.69 Å². The highest BCUT2D eigenvalue weighted by molar-refractivity contribution is 5.48. The molecule has 0 N–H and O–H groups in total. The van der Waals surface area contributed by atoms with Crippen molar-refractivity contribution >= 4 is 0 Å². The van der Waals surface area contributed by atoms with Crippen LogP contribution in [0.5, 0.6) is 0 Å². The van der Waals surface area contributed by atoms with E-state index < -0.39 is 87.2 Å². The van der Waals surface area contributed by atoms with Gasteiger partial charge in [-0.15, -0.1) is 0 Å². The second-order valence-corrected chi connectivity index (χ2v) is 17.1. The van der Waals surface area contributed by atoms with Crippen LogP contribution in [0.15, 0.2) is 188 Å². The summed E-state index contributed by atoms with van der Waals surface area (Å²) >= 11 is 0.